The standard InChI is InChI=1S/C17H22O4/c1-10(20)21-14-12-6-15(2,3)5-11(12)13(7-18)17(9-19)8-16(14,17)4/h7,9,12,14H,5-6,8H2,1-4H3/t12-,14+,16+,17-/m0/s1. The average molecular weight is 290 g/mol. The lowest BCUT2D eigenvalue weighted by atomic mass is 9.70. The van der Waals surface area contributed by atoms with Gasteiger partial charge in [-0.3, -0.25) is 9.59 Å². The van der Waals surface area contributed by atoms with Crippen molar-refractivity contribution in [3.05, 3.63) is 11.1 Å². The molecule has 0 aliphatic heterocycles. The fraction of sp³-hybridized carbons (Fsp3) is 0.706. The Balaban J connectivity index is 2.15. The monoisotopic (exact) mass is 290 g/mol. The lowest BCUT2D eigenvalue weighted by Crippen LogP contribution is -2.42. The van der Waals surface area contributed by atoms with Gasteiger partial charge in [-0.2, -0.15) is 0 Å². The normalized spacial score (nSPS) is 42.9. The third-order valence-corrected chi connectivity index (χ3v) is 5.86. The number of rotatable bonds is 3. The summed E-state index contributed by atoms with van der Waals surface area (Å²) in [5.41, 5.74) is 0.623. The van der Waals surface area contributed by atoms with Crippen molar-refractivity contribution in [2.75, 3.05) is 0 Å². The number of esters is 1. The molecule has 0 bridgehead atoms. The van der Waals surface area contributed by atoms with Gasteiger partial charge in [0, 0.05) is 23.8 Å². The van der Waals surface area contributed by atoms with Crippen LogP contribution in [0.15, 0.2) is 11.1 Å². The second-order valence-electron chi connectivity index (χ2n) is 7.92. The third kappa shape index (κ3) is 1.71. The van der Waals surface area contributed by atoms with Gasteiger partial charge in [0.25, 0.3) is 0 Å². The Hall–Kier alpha value is -1.45. The molecule has 114 valence electrons. The largest absolute Gasteiger partial charge is 0.461 e. The number of carbonyl (C=O) groups is 3. The first-order chi connectivity index (χ1) is 9.71. The smallest absolute Gasteiger partial charge is 0.302 e. The molecule has 3 aliphatic rings. The third-order valence-electron chi connectivity index (χ3n) is 5.86. The zero-order valence-electron chi connectivity index (χ0n) is 13.1. The number of ether oxygens (including phenoxy) is 1. The van der Waals surface area contributed by atoms with E-state index in [9.17, 15) is 14.4 Å². The van der Waals surface area contributed by atoms with Crippen molar-refractivity contribution < 1.29 is 19.1 Å². The van der Waals surface area contributed by atoms with E-state index in [4.69, 9.17) is 4.74 Å². The van der Waals surface area contributed by atoms with Crippen molar-refractivity contribution >= 4 is 18.5 Å². The molecule has 21 heavy (non-hydrogen) atoms. The Labute approximate surface area is 124 Å². The molecule has 0 aromatic rings. The minimum atomic E-state index is -0.735. The van der Waals surface area contributed by atoms with Crippen LogP contribution in [-0.4, -0.2) is 24.6 Å². The summed E-state index contributed by atoms with van der Waals surface area (Å²) in [6.07, 6.45) is 3.78. The van der Waals surface area contributed by atoms with Gasteiger partial charge in [0.15, 0.2) is 0 Å². The van der Waals surface area contributed by atoms with E-state index in [1.54, 1.807) is 0 Å². The van der Waals surface area contributed by atoms with Crippen LogP contribution in [0.1, 0.15) is 47.0 Å². The Kier molecular flexibility index (Phi) is 2.80. The molecule has 2 fully saturated rings. The van der Waals surface area contributed by atoms with Crippen molar-refractivity contribution in [3.63, 3.8) is 0 Å². The first-order valence-corrected chi connectivity index (χ1v) is 7.53. The van der Waals surface area contributed by atoms with E-state index in [1.807, 2.05) is 6.92 Å². The summed E-state index contributed by atoms with van der Waals surface area (Å²) in [6.45, 7) is 7.70. The van der Waals surface area contributed by atoms with Gasteiger partial charge in [0.1, 0.15) is 18.7 Å². The van der Waals surface area contributed by atoms with Crippen LogP contribution in [0.25, 0.3) is 0 Å². The van der Waals surface area contributed by atoms with Gasteiger partial charge >= 0.3 is 5.97 Å². The van der Waals surface area contributed by atoms with Crippen molar-refractivity contribution in [2.24, 2.45) is 22.2 Å². The van der Waals surface area contributed by atoms with Crippen LogP contribution >= 0.6 is 0 Å². The van der Waals surface area contributed by atoms with Crippen LogP contribution in [0.2, 0.25) is 0 Å². The maximum Gasteiger partial charge on any atom is 0.302 e. The predicted molar refractivity (Wildman–Crippen MR) is 76.4 cm³/mol. The second-order valence-corrected chi connectivity index (χ2v) is 7.92. The summed E-state index contributed by atoms with van der Waals surface area (Å²) < 4.78 is 5.63. The Morgan fingerprint density at radius 1 is 1.29 bits per heavy atom. The molecule has 0 saturated heterocycles. The molecule has 0 aromatic carbocycles. The number of carbonyl (C=O) groups excluding carboxylic acids is 3. The molecule has 0 N–H and O–H groups in total. The molecule has 4 nitrogen and oxygen atoms in total. The summed E-state index contributed by atoms with van der Waals surface area (Å²) >= 11 is 0. The van der Waals surface area contributed by atoms with Gasteiger partial charge < -0.3 is 9.53 Å². The van der Waals surface area contributed by atoms with Gasteiger partial charge in [0.2, 0.25) is 0 Å². The molecule has 0 spiro atoms. The molecule has 4 atom stereocenters. The summed E-state index contributed by atoms with van der Waals surface area (Å²) in [6, 6.07) is 0. The number of aldehydes is 2. The summed E-state index contributed by atoms with van der Waals surface area (Å²) in [5, 5.41) is 0. The number of hydrogen-bond acceptors (Lipinski definition) is 4. The molecule has 3 rings (SSSR count). The highest BCUT2D eigenvalue weighted by molar-refractivity contribution is 5.91. The van der Waals surface area contributed by atoms with E-state index in [0.29, 0.717) is 12.0 Å². The highest BCUT2D eigenvalue weighted by Gasteiger charge is 2.76. The van der Waals surface area contributed by atoms with Crippen molar-refractivity contribution in [3.8, 4) is 0 Å². The molecule has 2 saturated carbocycles. The minimum absolute atomic E-state index is 0.0733. The minimum Gasteiger partial charge on any atom is -0.461 e. The first-order valence-electron chi connectivity index (χ1n) is 7.53. The van der Waals surface area contributed by atoms with Crippen LogP contribution in [0.4, 0.5) is 0 Å². The molecular formula is C17H22O4. The first kappa shape index (κ1) is 14.5. The number of allylic oxidation sites excluding steroid dienone is 1. The van der Waals surface area contributed by atoms with Gasteiger partial charge in [-0.1, -0.05) is 26.3 Å². The van der Waals surface area contributed by atoms with Gasteiger partial charge in [-0.25, -0.2) is 0 Å². The number of fused-ring (bicyclic) bond motifs is 2. The quantitative estimate of drug-likeness (QED) is 0.592. The maximum atomic E-state index is 11.7. The zero-order chi connectivity index (χ0) is 15.6. The fourth-order valence-electron chi connectivity index (χ4n) is 4.86. The van der Waals surface area contributed by atoms with E-state index >= 15 is 0 Å². The van der Waals surface area contributed by atoms with Crippen LogP contribution in [0.3, 0.4) is 0 Å². The second kappa shape index (κ2) is 4.05. The highest BCUT2D eigenvalue weighted by atomic mass is 16.5. The molecular weight excluding hydrogens is 268 g/mol. The van der Waals surface area contributed by atoms with E-state index in [-0.39, 0.29) is 23.4 Å². The van der Waals surface area contributed by atoms with E-state index < -0.39 is 10.8 Å². The van der Waals surface area contributed by atoms with E-state index in [1.165, 1.54) is 6.92 Å². The molecule has 0 aromatic heterocycles. The molecule has 0 radical (unpaired) electrons. The van der Waals surface area contributed by atoms with Crippen molar-refractivity contribution in [2.45, 2.75) is 53.1 Å². The fourth-order valence-corrected chi connectivity index (χ4v) is 4.86. The molecule has 0 unspecified atom stereocenters. The number of hydrogen-bond donors (Lipinski definition) is 0. The van der Waals surface area contributed by atoms with Gasteiger partial charge in [-0.05, 0) is 24.7 Å². The molecule has 0 heterocycles. The van der Waals surface area contributed by atoms with E-state index in [2.05, 4.69) is 13.8 Å². The van der Waals surface area contributed by atoms with Crippen molar-refractivity contribution in [1.29, 1.82) is 0 Å². The average Bonchev–Trinajstić information content (AvgIpc) is 2.88. The highest BCUT2D eigenvalue weighted by Crippen LogP contribution is 2.75. The van der Waals surface area contributed by atoms with Gasteiger partial charge in [-0.15, -0.1) is 0 Å². The molecule has 4 heteroatoms. The Morgan fingerprint density at radius 2 is 1.95 bits per heavy atom. The maximum absolute atomic E-state index is 11.7. The van der Waals surface area contributed by atoms with Crippen molar-refractivity contribution in [1.82, 2.24) is 0 Å². The van der Waals surface area contributed by atoms with Gasteiger partial charge in [0.05, 0.1) is 5.41 Å². The Morgan fingerprint density at radius 3 is 2.48 bits per heavy atom. The predicted octanol–water partition coefficient (Wildman–Crippen LogP) is 2.46. The topological polar surface area (TPSA) is 60.4 Å². The molecule has 0 amide bonds. The van der Waals surface area contributed by atoms with Crippen LogP contribution in [0.5, 0.6) is 0 Å². The lowest BCUT2D eigenvalue weighted by Gasteiger charge is -2.38. The SMILES string of the molecule is CC(=O)O[C@@H]1[C@H]2CC(C)(C)CC2=C(C=O)[C@@]2(C=O)C[C@]12C. The van der Waals surface area contributed by atoms with E-state index in [0.717, 1.165) is 31.0 Å². The summed E-state index contributed by atoms with van der Waals surface area (Å²) in [5.74, 6) is -0.240. The van der Waals surface area contributed by atoms with Crippen LogP contribution < -0.4 is 0 Å². The molecule has 3 aliphatic carbocycles. The van der Waals surface area contributed by atoms with Crippen LogP contribution in [0, 0.1) is 22.2 Å². The summed E-state index contributed by atoms with van der Waals surface area (Å²) in [4.78, 5) is 34.9. The Bertz CT molecular complexity index is 573. The van der Waals surface area contributed by atoms with Crippen LogP contribution in [-0.2, 0) is 19.1 Å². The zero-order valence-corrected chi connectivity index (χ0v) is 13.1. The summed E-state index contributed by atoms with van der Waals surface area (Å²) in [7, 11) is 0. The lowest BCUT2D eigenvalue weighted by molar-refractivity contribution is -0.154.